The van der Waals surface area contributed by atoms with Gasteiger partial charge in [0.25, 0.3) is 0 Å². The van der Waals surface area contributed by atoms with Crippen LogP contribution in [0.25, 0.3) is 0 Å². The van der Waals surface area contributed by atoms with Crippen LogP contribution >= 0.6 is 0 Å². The molecule has 1 amide bonds. The van der Waals surface area contributed by atoms with Crippen molar-refractivity contribution in [3.63, 3.8) is 0 Å². The largest absolute Gasteiger partial charge is 0.483 e. The van der Waals surface area contributed by atoms with Gasteiger partial charge in [-0.3, -0.25) is 9.78 Å². The molecule has 9 heteroatoms. The van der Waals surface area contributed by atoms with Crippen molar-refractivity contribution in [2.45, 2.75) is 32.0 Å². The maximum atomic E-state index is 12.2. The molecule has 28 heavy (non-hydrogen) atoms. The summed E-state index contributed by atoms with van der Waals surface area (Å²) in [7, 11) is 0. The van der Waals surface area contributed by atoms with E-state index in [4.69, 9.17) is 0 Å². The molecule has 0 spiro atoms. The van der Waals surface area contributed by atoms with E-state index in [0.717, 1.165) is 24.5 Å². The lowest BCUT2D eigenvalue weighted by atomic mass is 10.1. The number of nitrogens with zero attached hydrogens (tertiary/aromatic N) is 3. The summed E-state index contributed by atoms with van der Waals surface area (Å²) in [5.74, 6) is 0.749. The molecule has 0 aromatic carbocycles. The van der Waals surface area contributed by atoms with E-state index in [1.165, 1.54) is 24.8 Å². The Balaban J connectivity index is 1.49. The van der Waals surface area contributed by atoms with E-state index in [0.29, 0.717) is 5.69 Å². The van der Waals surface area contributed by atoms with Crippen molar-refractivity contribution in [2.75, 3.05) is 24.6 Å². The predicted octanol–water partition coefficient (Wildman–Crippen LogP) is 3.05. The highest BCUT2D eigenvalue weighted by Gasteiger charge is 2.28. The van der Waals surface area contributed by atoms with Crippen LogP contribution in [0.5, 0.6) is 5.75 Å². The van der Waals surface area contributed by atoms with Gasteiger partial charge in [0.2, 0.25) is 5.91 Å². The average molecular weight is 394 g/mol. The van der Waals surface area contributed by atoms with Crippen LogP contribution in [0.4, 0.5) is 19.0 Å². The fourth-order valence-electron chi connectivity index (χ4n) is 2.70. The van der Waals surface area contributed by atoms with Crippen molar-refractivity contribution in [1.82, 2.24) is 15.3 Å². The maximum absolute atomic E-state index is 12.2. The van der Waals surface area contributed by atoms with Crippen molar-refractivity contribution in [3.8, 4) is 5.75 Å². The molecule has 0 aliphatic carbocycles. The summed E-state index contributed by atoms with van der Waals surface area (Å²) in [5, 5.41) is 2.82. The van der Waals surface area contributed by atoms with Crippen LogP contribution in [0, 0.1) is 0 Å². The molecule has 2 aromatic heterocycles. The molecule has 0 bridgehead atoms. The summed E-state index contributed by atoms with van der Waals surface area (Å²) in [6, 6.07) is 6.33. The van der Waals surface area contributed by atoms with E-state index in [-0.39, 0.29) is 18.1 Å². The minimum Gasteiger partial charge on any atom is -0.483 e. The molecular weight excluding hydrogens is 373 g/mol. The standard InChI is InChI=1S/C19H21F3N4O2/c1-13(16-5-4-15(11-23-16)28-12-19(20,21)22)25-18(27)9-14-3-6-17(24-10-14)26-7-2-8-26/h3-6,10-11,13H,2,7-9,12H2,1H3,(H,25,27)/t13-/m1/s1. The number of nitrogens with one attached hydrogen (secondary N) is 1. The van der Waals surface area contributed by atoms with Crippen molar-refractivity contribution >= 4 is 11.7 Å². The summed E-state index contributed by atoms with van der Waals surface area (Å²) >= 11 is 0. The van der Waals surface area contributed by atoms with Crippen LogP contribution in [-0.4, -0.2) is 41.7 Å². The molecule has 0 radical (unpaired) electrons. The Hall–Kier alpha value is -2.84. The summed E-state index contributed by atoms with van der Waals surface area (Å²) in [6.45, 7) is 2.40. The van der Waals surface area contributed by atoms with E-state index >= 15 is 0 Å². The topological polar surface area (TPSA) is 67.4 Å². The molecule has 1 atom stereocenters. The number of halogens is 3. The number of hydrogen-bond acceptors (Lipinski definition) is 5. The smallest absolute Gasteiger partial charge is 0.422 e. The average Bonchev–Trinajstić information content (AvgIpc) is 2.60. The third-order valence-corrected chi connectivity index (χ3v) is 4.34. The van der Waals surface area contributed by atoms with Gasteiger partial charge in [0.15, 0.2) is 6.61 Å². The second kappa shape index (κ2) is 8.45. The van der Waals surface area contributed by atoms with E-state index in [1.807, 2.05) is 12.1 Å². The van der Waals surface area contributed by atoms with E-state index in [2.05, 4.69) is 24.9 Å². The second-order valence-electron chi connectivity index (χ2n) is 6.65. The van der Waals surface area contributed by atoms with Gasteiger partial charge < -0.3 is 15.0 Å². The molecule has 150 valence electrons. The van der Waals surface area contributed by atoms with Crippen LogP contribution in [0.15, 0.2) is 36.7 Å². The normalized spacial score (nSPS) is 14.9. The second-order valence-corrected chi connectivity index (χ2v) is 6.65. The lowest BCUT2D eigenvalue weighted by molar-refractivity contribution is -0.153. The molecule has 3 rings (SSSR count). The minimum absolute atomic E-state index is 0.0213. The molecule has 6 nitrogen and oxygen atoms in total. The summed E-state index contributed by atoms with van der Waals surface area (Å²) in [6.07, 6.45) is -0.134. The molecule has 0 saturated carbocycles. The highest BCUT2D eigenvalue weighted by molar-refractivity contribution is 5.78. The van der Waals surface area contributed by atoms with Crippen LogP contribution in [0.3, 0.4) is 0 Å². The Labute approximate surface area is 160 Å². The van der Waals surface area contributed by atoms with Crippen LogP contribution < -0.4 is 15.0 Å². The Bertz CT molecular complexity index is 790. The number of pyridine rings is 2. The number of carbonyl (C=O) groups is 1. The number of carbonyl (C=O) groups excluding carboxylic acids is 1. The molecule has 1 saturated heterocycles. The van der Waals surface area contributed by atoms with Gasteiger partial charge >= 0.3 is 6.18 Å². The minimum atomic E-state index is -4.40. The number of alkyl halides is 3. The van der Waals surface area contributed by atoms with Crippen molar-refractivity contribution in [3.05, 3.63) is 47.9 Å². The molecule has 3 heterocycles. The Morgan fingerprint density at radius 3 is 2.54 bits per heavy atom. The summed E-state index contributed by atoms with van der Waals surface area (Å²) in [4.78, 5) is 22.8. The molecule has 1 aliphatic rings. The Morgan fingerprint density at radius 1 is 1.21 bits per heavy atom. The predicted molar refractivity (Wildman–Crippen MR) is 97.1 cm³/mol. The van der Waals surface area contributed by atoms with Crippen molar-refractivity contribution in [1.29, 1.82) is 0 Å². The third-order valence-electron chi connectivity index (χ3n) is 4.34. The van der Waals surface area contributed by atoms with E-state index < -0.39 is 18.8 Å². The quantitative estimate of drug-likeness (QED) is 0.782. The zero-order valence-corrected chi connectivity index (χ0v) is 15.4. The number of hydrogen-bond donors (Lipinski definition) is 1. The first-order valence-corrected chi connectivity index (χ1v) is 8.95. The van der Waals surface area contributed by atoms with Crippen molar-refractivity contribution < 1.29 is 22.7 Å². The first-order valence-electron chi connectivity index (χ1n) is 8.95. The van der Waals surface area contributed by atoms with Crippen LogP contribution in [0.2, 0.25) is 0 Å². The number of amides is 1. The lowest BCUT2D eigenvalue weighted by Crippen LogP contribution is -2.37. The number of rotatable bonds is 7. The number of ether oxygens (including phenoxy) is 1. The Morgan fingerprint density at radius 2 is 2.00 bits per heavy atom. The first-order chi connectivity index (χ1) is 13.3. The monoisotopic (exact) mass is 394 g/mol. The fourth-order valence-corrected chi connectivity index (χ4v) is 2.70. The summed E-state index contributed by atoms with van der Waals surface area (Å²) in [5.41, 5.74) is 1.33. The highest BCUT2D eigenvalue weighted by atomic mass is 19.4. The molecule has 1 N–H and O–H groups in total. The van der Waals surface area contributed by atoms with Gasteiger partial charge in [0, 0.05) is 19.3 Å². The first kappa shape index (κ1) is 19.9. The molecule has 1 aliphatic heterocycles. The molecule has 1 fully saturated rings. The van der Waals surface area contributed by atoms with Gasteiger partial charge in [-0.1, -0.05) is 6.07 Å². The number of aromatic nitrogens is 2. The lowest BCUT2D eigenvalue weighted by Gasteiger charge is -2.31. The van der Waals surface area contributed by atoms with Gasteiger partial charge in [-0.25, -0.2) is 4.98 Å². The van der Waals surface area contributed by atoms with Crippen molar-refractivity contribution in [2.24, 2.45) is 0 Å². The number of anilines is 1. The third kappa shape index (κ3) is 5.58. The maximum Gasteiger partial charge on any atom is 0.422 e. The molecule has 2 aromatic rings. The summed E-state index contributed by atoms with van der Waals surface area (Å²) < 4.78 is 41.1. The van der Waals surface area contributed by atoms with Gasteiger partial charge in [0.1, 0.15) is 11.6 Å². The van der Waals surface area contributed by atoms with Crippen LogP contribution in [0.1, 0.15) is 30.6 Å². The van der Waals surface area contributed by atoms with Gasteiger partial charge in [-0.15, -0.1) is 0 Å². The van der Waals surface area contributed by atoms with E-state index in [9.17, 15) is 18.0 Å². The zero-order valence-electron chi connectivity index (χ0n) is 15.4. The van der Waals surface area contributed by atoms with E-state index in [1.54, 1.807) is 13.1 Å². The SMILES string of the molecule is C[C@@H](NC(=O)Cc1ccc(N2CCC2)nc1)c1ccc(OCC(F)(F)F)cn1. The highest BCUT2D eigenvalue weighted by Crippen LogP contribution is 2.20. The van der Waals surface area contributed by atoms with Gasteiger partial charge in [-0.2, -0.15) is 13.2 Å². The zero-order chi connectivity index (χ0) is 20.1. The van der Waals surface area contributed by atoms with Crippen LogP contribution in [-0.2, 0) is 11.2 Å². The fraction of sp³-hybridized carbons (Fsp3) is 0.421. The Kier molecular flexibility index (Phi) is 6.01. The van der Waals surface area contributed by atoms with Gasteiger partial charge in [0.05, 0.1) is 24.4 Å². The van der Waals surface area contributed by atoms with Gasteiger partial charge in [-0.05, 0) is 37.1 Å². The molecule has 0 unspecified atom stereocenters. The molecular formula is C19H21F3N4O2.